The molecule has 0 spiro atoms. The number of carbonyl (C=O) groups is 2. The number of carbonyl (C=O) groups excluding carboxylic acids is 2. The molecule has 174 valence electrons. The number of amides is 2. The smallest absolute Gasteiger partial charge is 0.260 e. The SMILES string of the molecule is Cc1nc(NC(=O)CN(CCCN2CCOCC2)C(=O)COc2ccc(Cl)cc2)sc1C. The van der Waals surface area contributed by atoms with Crippen molar-refractivity contribution in [1.29, 1.82) is 0 Å². The van der Waals surface area contributed by atoms with Crippen molar-refractivity contribution in [2.45, 2.75) is 20.3 Å². The number of hydrogen-bond donors (Lipinski definition) is 1. The Bertz CT molecular complexity index is 880. The van der Waals surface area contributed by atoms with E-state index in [1.807, 2.05) is 13.8 Å². The monoisotopic (exact) mass is 480 g/mol. The minimum absolute atomic E-state index is 0.0520. The van der Waals surface area contributed by atoms with Crippen LogP contribution in [0.4, 0.5) is 5.13 Å². The predicted octanol–water partition coefficient (Wildman–Crippen LogP) is 2.98. The Kier molecular flexibility index (Phi) is 9.28. The number of aromatic nitrogens is 1. The molecule has 1 aromatic heterocycles. The summed E-state index contributed by atoms with van der Waals surface area (Å²) in [5.41, 5.74) is 0.889. The minimum atomic E-state index is -0.273. The van der Waals surface area contributed by atoms with Crippen LogP contribution < -0.4 is 10.1 Å². The maximum Gasteiger partial charge on any atom is 0.260 e. The molecule has 1 aliphatic heterocycles. The standard InChI is InChI=1S/C22H29ClN4O4S/c1-16-17(2)32-22(24-16)25-20(28)14-27(9-3-8-26-10-12-30-13-11-26)21(29)15-31-19-6-4-18(23)5-7-19/h4-7H,3,8-15H2,1-2H3,(H,24,25,28). The summed E-state index contributed by atoms with van der Waals surface area (Å²) >= 11 is 7.31. The Hall–Kier alpha value is -2.20. The van der Waals surface area contributed by atoms with Gasteiger partial charge in [-0.25, -0.2) is 4.98 Å². The molecule has 0 atom stereocenters. The van der Waals surface area contributed by atoms with Gasteiger partial charge in [0.2, 0.25) is 5.91 Å². The van der Waals surface area contributed by atoms with E-state index in [1.54, 1.807) is 29.2 Å². The molecular weight excluding hydrogens is 452 g/mol. The Morgan fingerprint density at radius 3 is 2.62 bits per heavy atom. The number of nitrogens with zero attached hydrogens (tertiary/aromatic N) is 3. The second kappa shape index (κ2) is 12.2. The van der Waals surface area contributed by atoms with Gasteiger partial charge in [0.05, 0.1) is 18.9 Å². The van der Waals surface area contributed by atoms with Crippen LogP contribution in [0.15, 0.2) is 24.3 Å². The van der Waals surface area contributed by atoms with Crippen LogP contribution in [0, 0.1) is 13.8 Å². The number of aryl methyl sites for hydroxylation is 2. The van der Waals surface area contributed by atoms with Crippen molar-refractivity contribution in [1.82, 2.24) is 14.8 Å². The summed E-state index contributed by atoms with van der Waals surface area (Å²) in [6, 6.07) is 6.82. The van der Waals surface area contributed by atoms with Crippen molar-refractivity contribution in [3.8, 4) is 5.75 Å². The zero-order valence-electron chi connectivity index (χ0n) is 18.4. The number of halogens is 1. The Balaban J connectivity index is 1.55. The molecule has 1 fully saturated rings. The van der Waals surface area contributed by atoms with Gasteiger partial charge in [-0.15, -0.1) is 11.3 Å². The van der Waals surface area contributed by atoms with Gasteiger partial charge in [-0.2, -0.15) is 0 Å². The van der Waals surface area contributed by atoms with E-state index < -0.39 is 0 Å². The highest BCUT2D eigenvalue weighted by Crippen LogP contribution is 2.21. The van der Waals surface area contributed by atoms with E-state index in [1.165, 1.54) is 11.3 Å². The van der Waals surface area contributed by atoms with Crippen molar-refractivity contribution in [2.24, 2.45) is 0 Å². The van der Waals surface area contributed by atoms with Crippen LogP contribution in [0.25, 0.3) is 0 Å². The number of rotatable bonds is 10. The summed E-state index contributed by atoms with van der Waals surface area (Å²) in [7, 11) is 0. The minimum Gasteiger partial charge on any atom is -0.484 e. The third-order valence-corrected chi connectivity index (χ3v) is 6.38. The van der Waals surface area contributed by atoms with Crippen molar-refractivity contribution >= 4 is 39.9 Å². The lowest BCUT2D eigenvalue weighted by atomic mass is 10.3. The highest BCUT2D eigenvalue weighted by molar-refractivity contribution is 7.15. The van der Waals surface area contributed by atoms with Crippen LogP contribution in [0.5, 0.6) is 5.75 Å². The van der Waals surface area contributed by atoms with Crippen LogP contribution in [-0.4, -0.2) is 79.1 Å². The Morgan fingerprint density at radius 1 is 1.25 bits per heavy atom. The van der Waals surface area contributed by atoms with Crippen LogP contribution in [0.3, 0.4) is 0 Å². The fraction of sp³-hybridized carbons (Fsp3) is 0.500. The lowest BCUT2D eigenvalue weighted by molar-refractivity contribution is -0.136. The van der Waals surface area contributed by atoms with Crippen LogP contribution in [0.1, 0.15) is 17.0 Å². The molecule has 1 aliphatic rings. The number of morpholine rings is 1. The number of nitrogens with one attached hydrogen (secondary N) is 1. The Labute approximate surface area is 197 Å². The molecule has 32 heavy (non-hydrogen) atoms. The average Bonchev–Trinajstić information content (AvgIpc) is 3.09. The maximum absolute atomic E-state index is 12.9. The molecule has 1 aromatic carbocycles. The van der Waals surface area contributed by atoms with E-state index in [0.717, 1.165) is 49.8 Å². The molecule has 0 radical (unpaired) electrons. The van der Waals surface area contributed by atoms with Crippen LogP contribution >= 0.6 is 22.9 Å². The van der Waals surface area contributed by atoms with Gasteiger partial charge in [-0.05, 0) is 44.5 Å². The molecular formula is C22H29ClN4O4S. The second-order valence-electron chi connectivity index (χ2n) is 7.57. The zero-order chi connectivity index (χ0) is 22.9. The highest BCUT2D eigenvalue weighted by atomic mass is 35.5. The molecule has 3 rings (SSSR count). The summed E-state index contributed by atoms with van der Waals surface area (Å²) in [5, 5.41) is 3.94. The number of hydrogen-bond acceptors (Lipinski definition) is 7. The number of benzene rings is 1. The summed E-state index contributed by atoms with van der Waals surface area (Å²) < 4.78 is 11.0. The first-order valence-corrected chi connectivity index (χ1v) is 11.8. The molecule has 1 saturated heterocycles. The van der Waals surface area contributed by atoms with Gasteiger partial charge in [0.1, 0.15) is 12.3 Å². The van der Waals surface area contributed by atoms with E-state index in [2.05, 4.69) is 15.2 Å². The molecule has 10 heteroatoms. The van der Waals surface area contributed by atoms with E-state index in [4.69, 9.17) is 21.1 Å². The maximum atomic E-state index is 12.9. The lowest BCUT2D eigenvalue weighted by Gasteiger charge is -2.28. The Morgan fingerprint density at radius 2 is 1.97 bits per heavy atom. The van der Waals surface area contributed by atoms with E-state index in [-0.39, 0.29) is 25.0 Å². The second-order valence-corrected chi connectivity index (χ2v) is 9.21. The van der Waals surface area contributed by atoms with Crippen molar-refractivity contribution in [3.05, 3.63) is 39.9 Å². The van der Waals surface area contributed by atoms with E-state index in [0.29, 0.717) is 22.4 Å². The number of thiazole rings is 1. The molecule has 0 unspecified atom stereocenters. The largest absolute Gasteiger partial charge is 0.484 e. The van der Waals surface area contributed by atoms with Gasteiger partial charge in [-0.3, -0.25) is 14.5 Å². The van der Waals surface area contributed by atoms with Gasteiger partial charge >= 0.3 is 0 Å². The summed E-state index contributed by atoms with van der Waals surface area (Å²) in [5.74, 6) is 0.0303. The zero-order valence-corrected chi connectivity index (χ0v) is 20.0. The fourth-order valence-electron chi connectivity index (χ4n) is 3.23. The molecule has 0 aliphatic carbocycles. The van der Waals surface area contributed by atoms with Crippen molar-refractivity contribution in [3.63, 3.8) is 0 Å². The number of ether oxygens (including phenoxy) is 2. The van der Waals surface area contributed by atoms with Gasteiger partial charge in [0.25, 0.3) is 5.91 Å². The fourth-order valence-corrected chi connectivity index (χ4v) is 4.18. The van der Waals surface area contributed by atoms with E-state index >= 15 is 0 Å². The quantitative estimate of drug-likeness (QED) is 0.562. The average molecular weight is 481 g/mol. The molecule has 0 saturated carbocycles. The molecule has 8 nitrogen and oxygen atoms in total. The van der Waals surface area contributed by atoms with Gasteiger partial charge in [0.15, 0.2) is 11.7 Å². The number of anilines is 1. The molecule has 2 heterocycles. The first-order valence-electron chi connectivity index (χ1n) is 10.6. The predicted molar refractivity (Wildman–Crippen MR) is 126 cm³/mol. The summed E-state index contributed by atoms with van der Waals surface area (Å²) in [6.45, 7) is 8.19. The first-order chi connectivity index (χ1) is 15.4. The molecule has 2 aromatic rings. The summed E-state index contributed by atoms with van der Waals surface area (Å²) in [4.78, 5) is 34.7. The lowest BCUT2D eigenvalue weighted by Crippen LogP contribution is -2.43. The third kappa shape index (κ3) is 7.74. The van der Waals surface area contributed by atoms with Crippen molar-refractivity contribution < 1.29 is 19.1 Å². The summed E-state index contributed by atoms with van der Waals surface area (Å²) in [6.07, 6.45) is 0.759. The molecule has 1 N–H and O–H groups in total. The highest BCUT2D eigenvalue weighted by Gasteiger charge is 2.20. The topological polar surface area (TPSA) is 84.0 Å². The van der Waals surface area contributed by atoms with E-state index in [9.17, 15) is 9.59 Å². The van der Waals surface area contributed by atoms with Gasteiger partial charge in [-0.1, -0.05) is 11.6 Å². The third-order valence-electron chi connectivity index (χ3n) is 5.14. The van der Waals surface area contributed by atoms with Gasteiger partial charge < -0.3 is 19.7 Å². The normalized spacial score (nSPS) is 14.2. The van der Waals surface area contributed by atoms with Crippen molar-refractivity contribution in [2.75, 3.05) is 57.9 Å². The first kappa shape index (κ1) is 24.4. The van der Waals surface area contributed by atoms with Crippen LogP contribution in [-0.2, 0) is 14.3 Å². The van der Waals surface area contributed by atoms with Gasteiger partial charge in [0, 0.05) is 36.1 Å². The van der Waals surface area contributed by atoms with Crippen LogP contribution in [0.2, 0.25) is 5.02 Å². The molecule has 0 bridgehead atoms. The molecule has 2 amide bonds.